The van der Waals surface area contributed by atoms with E-state index in [0.29, 0.717) is 5.69 Å². The third kappa shape index (κ3) is 3.09. The molecule has 0 amide bonds. The van der Waals surface area contributed by atoms with Crippen LogP contribution in [0.3, 0.4) is 0 Å². The Bertz CT molecular complexity index is 1510. The van der Waals surface area contributed by atoms with Crippen LogP contribution in [0.15, 0.2) is 89.8 Å². The molecule has 0 spiro atoms. The number of aromatic nitrogens is 1. The quantitative estimate of drug-likeness (QED) is 0.400. The lowest BCUT2D eigenvalue weighted by Crippen LogP contribution is -2.13. The van der Waals surface area contributed by atoms with Crippen LogP contribution in [-0.4, -0.2) is 13.4 Å². The zero-order chi connectivity index (χ0) is 20.0. The van der Waals surface area contributed by atoms with E-state index in [1.165, 1.54) is 0 Å². The zero-order valence-electron chi connectivity index (χ0n) is 15.8. The van der Waals surface area contributed by atoms with Gasteiger partial charge in [0.1, 0.15) is 0 Å². The average Bonchev–Trinajstić information content (AvgIpc) is 2.73. The maximum Gasteiger partial charge on any atom is 0.261 e. The maximum absolute atomic E-state index is 13.1. The summed E-state index contributed by atoms with van der Waals surface area (Å²) in [5.41, 5.74) is 2.08. The number of aryl methyl sites for hydroxylation is 1. The Labute approximate surface area is 168 Å². The molecule has 5 aromatic rings. The zero-order valence-corrected chi connectivity index (χ0v) is 16.6. The number of sulfonamides is 1. The fourth-order valence-electron chi connectivity index (χ4n) is 3.71. The Morgan fingerprint density at radius 2 is 1.41 bits per heavy atom. The molecule has 0 radical (unpaired) electrons. The van der Waals surface area contributed by atoms with Gasteiger partial charge >= 0.3 is 0 Å². The highest BCUT2D eigenvalue weighted by Crippen LogP contribution is 2.31. The summed E-state index contributed by atoms with van der Waals surface area (Å²) in [5, 5.41) is 4.74. The van der Waals surface area contributed by atoms with Gasteiger partial charge in [0.05, 0.1) is 16.1 Å². The van der Waals surface area contributed by atoms with Gasteiger partial charge in [-0.1, -0.05) is 66.7 Å². The van der Waals surface area contributed by atoms with E-state index in [1.807, 2.05) is 73.7 Å². The molecule has 1 heterocycles. The first-order valence-electron chi connectivity index (χ1n) is 9.32. The van der Waals surface area contributed by atoms with Crippen molar-refractivity contribution < 1.29 is 8.42 Å². The summed E-state index contributed by atoms with van der Waals surface area (Å²) >= 11 is 0. The van der Waals surface area contributed by atoms with Gasteiger partial charge in [-0.3, -0.25) is 9.71 Å². The van der Waals surface area contributed by atoms with Gasteiger partial charge in [0.25, 0.3) is 10.0 Å². The summed E-state index contributed by atoms with van der Waals surface area (Å²) in [6.45, 7) is 1.87. The fourth-order valence-corrected chi connectivity index (χ4v) is 4.82. The first-order valence-corrected chi connectivity index (χ1v) is 10.8. The summed E-state index contributed by atoms with van der Waals surface area (Å²) in [6, 6.07) is 26.5. The van der Waals surface area contributed by atoms with E-state index >= 15 is 0 Å². The van der Waals surface area contributed by atoms with Gasteiger partial charge in [-0.15, -0.1) is 0 Å². The second-order valence-electron chi connectivity index (χ2n) is 7.11. The van der Waals surface area contributed by atoms with Crippen molar-refractivity contribution in [3.05, 3.63) is 90.6 Å². The second-order valence-corrected chi connectivity index (χ2v) is 8.79. The molecule has 1 aromatic heterocycles. The molecule has 0 atom stereocenters. The van der Waals surface area contributed by atoms with Crippen molar-refractivity contribution in [2.24, 2.45) is 0 Å². The van der Waals surface area contributed by atoms with Gasteiger partial charge < -0.3 is 0 Å². The molecule has 4 aromatic carbocycles. The fraction of sp³-hybridized carbons (Fsp3) is 0.0417. The molecule has 5 heteroatoms. The highest BCUT2D eigenvalue weighted by atomic mass is 32.2. The largest absolute Gasteiger partial charge is 0.279 e. The van der Waals surface area contributed by atoms with Crippen LogP contribution in [-0.2, 0) is 10.0 Å². The summed E-state index contributed by atoms with van der Waals surface area (Å²) in [7, 11) is -3.74. The van der Waals surface area contributed by atoms with Crippen LogP contribution in [0.1, 0.15) is 5.69 Å². The molecular formula is C24H18N2O2S. The van der Waals surface area contributed by atoms with Crippen LogP contribution < -0.4 is 4.72 Å². The van der Waals surface area contributed by atoms with E-state index in [2.05, 4.69) is 9.71 Å². The molecule has 5 rings (SSSR count). The van der Waals surface area contributed by atoms with Crippen LogP contribution in [0.5, 0.6) is 0 Å². The number of nitrogens with zero attached hydrogens (tertiary/aromatic N) is 1. The van der Waals surface area contributed by atoms with Crippen molar-refractivity contribution in [3.63, 3.8) is 0 Å². The van der Waals surface area contributed by atoms with Crippen LogP contribution in [0.4, 0.5) is 5.69 Å². The van der Waals surface area contributed by atoms with Crippen molar-refractivity contribution in [1.29, 1.82) is 0 Å². The topological polar surface area (TPSA) is 59.1 Å². The Morgan fingerprint density at radius 1 is 0.724 bits per heavy atom. The molecule has 29 heavy (non-hydrogen) atoms. The first-order chi connectivity index (χ1) is 14.0. The smallest absolute Gasteiger partial charge is 0.261 e. The van der Waals surface area contributed by atoms with Crippen molar-refractivity contribution in [2.75, 3.05) is 4.72 Å². The molecular weight excluding hydrogens is 380 g/mol. The Hall–Kier alpha value is -3.44. The Kier molecular flexibility index (Phi) is 4.00. The van der Waals surface area contributed by atoms with E-state index in [1.54, 1.807) is 18.2 Å². The number of anilines is 1. The molecule has 0 bridgehead atoms. The van der Waals surface area contributed by atoms with Gasteiger partial charge in [-0.05, 0) is 41.3 Å². The van der Waals surface area contributed by atoms with E-state index in [9.17, 15) is 8.42 Å². The maximum atomic E-state index is 13.1. The number of hydrogen-bond acceptors (Lipinski definition) is 3. The minimum absolute atomic E-state index is 0.236. The van der Waals surface area contributed by atoms with Crippen molar-refractivity contribution in [3.8, 4) is 0 Å². The van der Waals surface area contributed by atoms with E-state index in [4.69, 9.17) is 0 Å². The van der Waals surface area contributed by atoms with E-state index < -0.39 is 10.0 Å². The molecule has 0 unspecified atom stereocenters. The molecule has 0 aliphatic rings. The van der Waals surface area contributed by atoms with E-state index in [-0.39, 0.29) is 4.90 Å². The van der Waals surface area contributed by atoms with Crippen LogP contribution in [0.2, 0.25) is 0 Å². The van der Waals surface area contributed by atoms with Gasteiger partial charge in [0.15, 0.2) is 0 Å². The van der Waals surface area contributed by atoms with Crippen LogP contribution in [0, 0.1) is 6.92 Å². The van der Waals surface area contributed by atoms with Crippen molar-refractivity contribution in [1.82, 2.24) is 4.98 Å². The molecule has 4 nitrogen and oxygen atoms in total. The molecule has 0 aliphatic heterocycles. The number of benzene rings is 4. The van der Waals surface area contributed by atoms with Crippen LogP contribution >= 0.6 is 0 Å². The van der Waals surface area contributed by atoms with Crippen molar-refractivity contribution >= 4 is 48.2 Å². The summed E-state index contributed by atoms with van der Waals surface area (Å²) in [6.07, 6.45) is 0. The Balaban J connectivity index is 1.66. The van der Waals surface area contributed by atoms with Gasteiger partial charge in [0, 0.05) is 16.5 Å². The standard InChI is InChI=1S/C24H18N2O2S/c1-16-14-23(22-13-11-18-7-4-5-9-21(18)24(22)25-16)26-29(27,28)20-12-10-17-6-2-3-8-19(17)15-20/h2-15H,1H3,(H,25,26). The van der Waals surface area contributed by atoms with Crippen LogP contribution in [0.25, 0.3) is 32.4 Å². The summed E-state index contributed by atoms with van der Waals surface area (Å²) in [5.74, 6) is 0. The average molecular weight is 398 g/mol. The molecule has 0 aliphatic carbocycles. The predicted molar refractivity (Wildman–Crippen MR) is 119 cm³/mol. The number of nitrogens with one attached hydrogen (secondary N) is 1. The third-order valence-corrected chi connectivity index (χ3v) is 6.47. The molecule has 0 saturated heterocycles. The molecule has 1 N–H and O–H groups in total. The lowest BCUT2D eigenvalue weighted by atomic mass is 10.0. The van der Waals surface area contributed by atoms with E-state index in [0.717, 1.165) is 38.1 Å². The lowest BCUT2D eigenvalue weighted by molar-refractivity contribution is 0.601. The SMILES string of the molecule is Cc1cc(NS(=O)(=O)c2ccc3ccccc3c2)c2ccc3ccccc3c2n1. The first kappa shape index (κ1) is 17.6. The minimum atomic E-state index is -3.74. The predicted octanol–water partition coefficient (Wildman–Crippen LogP) is 5.65. The molecule has 142 valence electrons. The Morgan fingerprint density at radius 3 is 2.24 bits per heavy atom. The second kappa shape index (κ2) is 6.57. The van der Waals surface area contributed by atoms with Gasteiger partial charge in [-0.25, -0.2) is 8.42 Å². The normalized spacial score (nSPS) is 11.9. The minimum Gasteiger partial charge on any atom is -0.279 e. The number of hydrogen-bond donors (Lipinski definition) is 1. The summed E-state index contributed by atoms with van der Waals surface area (Å²) < 4.78 is 29.0. The highest BCUT2D eigenvalue weighted by molar-refractivity contribution is 7.92. The molecule has 0 saturated carbocycles. The van der Waals surface area contributed by atoms with Crippen molar-refractivity contribution in [2.45, 2.75) is 11.8 Å². The number of rotatable bonds is 3. The lowest BCUT2D eigenvalue weighted by Gasteiger charge is -2.13. The monoisotopic (exact) mass is 398 g/mol. The highest BCUT2D eigenvalue weighted by Gasteiger charge is 2.17. The van der Waals surface area contributed by atoms with Gasteiger partial charge in [0.2, 0.25) is 0 Å². The van der Waals surface area contributed by atoms with Gasteiger partial charge in [-0.2, -0.15) is 0 Å². The third-order valence-electron chi connectivity index (χ3n) is 5.11. The number of fused-ring (bicyclic) bond motifs is 4. The summed E-state index contributed by atoms with van der Waals surface area (Å²) in [4.78, 5) is 4.91. The molecule has 0 fully saturated rings. The number of pyridine rings is 1.